The van der Waals surface area contributed by atoms with E-state index in [9.17, 15) is 0 Å². The molecule has 8 rings (SSSR count). The van der Waals surface area contributed by atoms with Gasteiger partial charge in [0.05, 0.1) is 0 Å². The van der Waals surface area contributed by atoms with Gasteiger partial charge in [0.25, 0.3) is 0 Å². The van der Waals surface area contributed by atoms with E-state index in [-0.39, 0.29) is 20.1 Å². The molecule has 0 radical (unpaired) electrons. The van der Waals surface area contributed by atoms with Crippen LogP contribution in [0.1, 0.15) is 73.3 Å². The van der Waals surface area contributed by atoms with Crippen molar-refractivity contribution in [3.05, 3.63) is 119 Å². The number of nitrogens with zero attached hydrogens (tertiary/aromatic N) is 6. The summed E-state index contributed by atoms with van der Waals surface area (Å²) in [5, 5.41) is 17.7. The molecule has 0 spiro atoms. The number of benzene rings is 4. The zero-order chi connectivity index (χ0) is 30.8. The summed E-state index contributed by atoms with van der Waals surface area (Å²) < 4.78 is 0. The van der Waals surface area contributed by atoms with Gasteiger partial charge >= 0.3 is 20.1 Å². The molecule has 2 aliphatic carbocycles. The smallest absolute Gasteiger partial charge is 0.504 e. The van der Waals surface area contributed by atoms with Crippen molar-refractivity contribution >= 4 is 17.1 Å². The Labute approximate surface area is 286 Å². The molecule has 234 valence electrons. The van der Waals surface area contributed by atoms with E-state index in [0.29, 0.717) is 17.6 Å². The minimum atomic E-state index is 0. The van der Waals surface area contributed by atoms with Gasteiger partial charge in [-0.25, -0.2) is 0 Å². The van der Waals surface area contributed by atoms with Gasteiger partial charge in [-0.2, -0.15) is 40.6 Å². The molecule has 0 atom stereocenters. The minimum absolute atomic E-state index is 0. The molecule has 1 aromatic heterocycles. The van der Waals surface area contributed by atoms with E-state index >= 15 is 0 Å². The fourth-order valence-electron chi connectivity index (χ4n) is 6.76. The van der Waals surface area contributed by atoms with Gasteiger partial charge in [0.15, 0.2) is 0 Å². The SMILES string of the molecule is CC(C)c1cc[c-]c(N2[CH-]N(C)c3ccccc32)c1.[Ir+3].[c-]1ccc2c(c1-c1nnc(-c3cccc4c3CCCC4)nn1)CCCC2. The number of rotatable bonds is 4. The third-order valence-electron chi connectivity index (χ3n) is 9.21. The van der Waals surface area contributed by atoms with E-state index in [2.05, 4.69) is 131 Å². The molecule has 0 unspecified atom stereocenters. The number of fused-ring (bicyclic) bond motifs is 3. The molecule has 0 fully saturated rings. The summed E-state index contributed by atoms with van der Waals surface area (Å²) in [5.74, 6) is 1.76. The maximum Gasteiger partial charge on any atom is 3.00 e. The Bertz CT molecular complexity index is 1720. The van der Waals surface area contributed by atoms with Crippen LogP contribution in [0.5, 0.6) is 0 Å². The van der Waals surface area contributed by atoms with Crippen LogP contribution in [0.4, 0.5) is 17.1 Å². The molecule has 1 aliphatic heterocycles. The molecule has 4 aromatic carbocycles. The number of anilines is 3. The Balaban J connectivity index is 0.000000166. The summed E-state index contributed by atoms with van der Waals surface area (Å²) in [5.41, 5.74) is 12.5. The van der Waals surface area contributed by atoms with Crippen LogP contribution >= 0.6 is 0 Å². The normalized spacial score (nSPS) is 14.9. The van der Waals surface area contributed by atoms with Gasteiger partial charge in [-0.05, 0) is 68.3 Å². The first-order valence-electron chi connectivity index (χ1n) is 16.3. The Morgan fingerprint density at radius 1 is 0.696 bits per heavy atom. The van der Waals surface area contributed by atoms with Crippen molar-refractivity contribution in [3.63, 3.8) is 0 Å². The van der Waals surface area contributed by atoms with E-state index in [0.717, 1.165) is 42.5 Å². The zero-order valence-corrected chi connectivity index (χ0v) is 29.2. The standard InChI is InChI=1S/C22H21N4.C17H18N2.Ir/c1-3-11-17-15(7-1)9-5-13-19(17)21-23-25-22(26-24-21)20-14-6-10-16-8-2-4-12-18(16)20;1-13(2)14-7-6-8-15(11-14)19-12-18(3)16-9-4-5-10-17(16)19;/h5-6,9-10,13H,1-4,7-8,11-12H2;4-7,9-13H,1-3H3;/q-1;-2;+3. The average Bonchev–Trinajstić information content (AvgIpc) is 3.44. The van der Waals surface area contributed by atoms with Gasteiger partial charge in [0.1, 0.15) is 5.82 Å². The summed E-state index contributed by atoms with van der Waals surface area (Å²) in [6, 6.07) is 32.0. The second-order valence-corrected chi connectivity index (χ2v) is 12.5. The Kier molecular flexibility index (Phi) is 9.91. The van der Waals surface area contributed by atoms with Crippen LogP contribution in [-0.4, -0.2) is 27.4 Å². The largest absolute Gasteiger partial charge is 3.00 e. The molecular weight excluding hydrogens is 745 g/mol. The minimum Gasteiger partial charge on any atom is -0.504 e. The molecule has 2 heterocycles. The summed E-state index contributed by atoms with van der Waals surface area (Å²) in [4.78, 5) is 4.34. The van der Waals surface area contributed by atoms with Crippen LogP contribution in [0, 0.1) is 18.8 Å². The van der Waals surface area contributed by atoms with Crippen LogP contribution in [0.3, 0.4) is 0 Å². The van der Waals surface area contributed by atoms with Gasteiger partial charge in [-0.1, -0.05) is 69.0 Å². The number of hydrogen-bond acceptors (Lipinski definition) is 6. The fourth-order valence-corrected chi connectivity index (χ4v) is 6.76. The van der Waals surface area contributed by atoms with Crippen molar-refractivity contribution < 1.29 is 20.1 Å². The van der Waals surface area contributed by atoms with E-state index in [1.54, 1.807) is 0 Å². The van der Waals surface area contributed by atoms with Crippen LogP contribution in [-0.2, 0) is 45.8 Å². The monoisotopic (exact) mass is 784 g/mol. The molecule has 0 bridgehead atoms. The topological polar surface area (TPSA) is 58.0 Å². The van der Waals surface area contributed by atoms with E-state index in [1.165, 1.54) is 64.9 Å². The van der Waals surface area contributed by atoms with Crippen LogP contribution in [0.2, 0.25) is 0 Å². The molecule has 0 saturated carbocycles. The van der Waals surface area contributed by atoms with E-state index < -0.39 is 0 Å². The number of hydrogen-bond donors (Lipinski definition) is 0. The zero-order valence-electron chi connectivity index (χ0n) is 26.8. The first-order chi connectivity index (χ1) is 22.1. The van der Waals surface area contributed by atoms with E-state index in [4.69, 9.17) is 0 Å². The average molecular weight is 784 g/mol. The predicted octanol–water partition coefficient (Wildman–Crippen LogP) is 8.47. The Morgan fingerprint density at radius 3 is 2.11 bits per heavy atom. The summed E-state index contributed by atoms with van der Waals surface area (Å²) in [7, 11) is 2.07. The first-order valence-corrected chi connectivity index (χ1v) is 16.3. The van der Waals surface area contributed by atoms with Crippen LogP contribution in [0.25, 0.3) is 22.8 Å². The van der Waals surface area contributed by atoms with Crippen molar-refractivity contribution in [2.75, 3.05) is 16.8 Å². The van der Waals surface area contributed by atoms with Crippen molar-refractivity contribution in [1.82, 2.24) is 20.4 Å². The number of para-hydroxylation sites is 2. The molecule has 5 aromatic rings. The number of aromatic nitrogens is 4. The van der Waals surface area contributed by atoms with Gasteiger partial charge in [0, 0.05) is 16.9 Å². The third-order valence-corrected chi connectivity index (χ3v) is 9.21. The van der Waals surface area contributed by atoms with Gasteiger partial charge in [0.2, 0.25) is 5.82 Å². The van der Waals surface area contributed by atoms with Crippen LogP contribution in [0.15, 0.2) is 72.8 Å². The maximum absolute atomic E-state index is 4.44. The molecule has 3 aliphatic rings. The Morgan fingerprint density at radius 2 is 1.35 bits per heavy atom. The van der Waals surface area contributed by atoms with Gasteiger partial charge < -0.3 is 9.80 Å². The van der Waals surface area contributed by atoms with Crippen LogP contribution < -0.4 is 9.80 Å². The summed E-state index contributed by atoms with van der Waals surface area (Å²) in [6.07, 6.45) is 9.41. The molecule has 0 saturated heterocycles. The maximum atomic E-state index is 4.44. The van der Waals surface area contributed by atoms with Crippen molar-refractivity contribution in [2.45, 2.75) is 71.1 Å². The van der Waals surface area contributed by atoms with Gasteiger partial charge in [-0.15, -0.1) is 51.3 Å². The first kappa shape index (κ1) is 32.0. The third kappa shape index (κ3) is 6.49. The molecule has 0 amide bonds. The number of aryl methyl sites for hydroxylation is 2. The second kappa shape index (κ2) is 14.2. The quantitative estimate of drug-likeness (QED) is 0.171. The van der Waals surface area contributed by atoms with E-state index in [1.807, 2.05) is 12.1 Å². The molecule has 6 nitrogen and oxygen atoms in total. The summed E-state index contributed by atoms with van der Waals surface area (Å²) >= 11 is 0. The van der Waals surface area contributed by atoms with Crippen molar-refractivity contribution in [2.24, 2.45) is 0 Å². The fraction of sp³-hybridized carbons (Fsp3) is 0.308. The molecule has 46 heavy (non-hydrogen) atoms. The predicted molar refractivity (Wildman–Crippen MR) is 181 cm³/mol. The molecule has 0 N–H and O–H groups in total. The van der Waals surface area contributed by atoms with Crippen molar-refractivity contribution in [1.29, 1.82) is 0 Å². The molecule has 7 heteroatoms. The summed E-state index contributed by atoms with van der Waals surface area (Å²) in [6.45, 7) is 6.54. The van der Waals surface area contributed by atoms with Gasteiger partial charge in [-0.3, -0.25) is 0 Å². The molecular formula is C39H39IrN6. The second-order valence-electron chi connectivity index (χ2n) is 12.5. The Hall–Kier alpha value is -3.93. The van der Waals surface area contributed by atoms with Crippen molar-refractivity contribution in [3.8, 4) is 22.8 Å².